The van der Waals surface area contributed by atoms with E-state index in [9.17, 15) is 4.79 Å². The Labute approximate surface area is 84.7 Å². The molecule has 3 nitrogen and oxygen atoms in total. The molecule has 0 atom stereocenters. The fraction of sp³-hybridized carbons (Fsp3) is 0.545. The monoisotopic (exact) mass is 195 g/mol. The summed E-state index contributed by atoms with van der Waals surface area (Å²) in [6.45, 7) is 6.55. The van der Waals surface area contributed by atoms with E-state index < -0.39 is 0 Å². The number of ether oxygens (including phenoxy) is 1. The topological polar surface area (TPSA) is 31.2 Å². The maximum absolute atomic E-state index is 11.5. The third-order valence-electron chi connectivity index (χ3n) is 1.98. The number of hydrogen-bond acceptors (Lipinski definition) is 2. The van der Waals surface area contributed by atoms with Crippen molar-refractivity contribution in [3.05, 3.63) is 24.0 Å². The molecule has 0 aliphatic heterocycles. The lowest BCUT2D eigenvalue weighted by Crippen LogP contribution is -2.13. The average Bonchev–Trinajstić information content (AvgIpc) is 2.62. The van der Waals surface area contributed by atoms with Gasteiger partial charge in [-0.1, -0.05) is 6.92 Å². The second-order valence-corrected chi connectivity index (χ2v) is 3.53. The number of carbonyl (C=O) groups excluding carboxylic acids is 1. The molecule has 1 aromatic heterocycles. The van der Waals surface area contributed by atoms with Crippen LogP contribution in [0, 0.1) is 0 Å². The zero-order valence-electron chi connectivity index (χ0n) is 8.99. The molecule has 3 heteroatoms. The maximum Gasteiger partial charge on any atom is 0.354 e. The highest BCUT2D eigenvalue weighted by Crippen LogP contribution is 2.11. The molecule has 0 saturated carbocycles. The van der Waals surface area contributed by atoms with E-state index >= 15 is 0 Å². The molecule has 0 aliphatic rings. The fourth-order valence-electron chi connectivity index (χ4n) is 1.29. The van der Waals surface area contributed by atoms with E-state index in [-0.39, 0.29) is 12.0 Å². The lowest BCUT2D eigenvalue weighted by Gasteiger charge is -2.11. The zero-order valence-corrected chi connectivity index (χ0v) is 8.99. The second-order valence-electron chi connectivity index (χ2n) is 3.53. The van der Waals surface area contributed by atoms with Crippen LogP contribution in [0.2, 0.25) is 0 Å². The summed E-state index contributed by atoms with van der Waals surface area (Å²) in [6, 6.07) is 3.94. The molecule has 0 amide bonds. The number of carbonyl (C=O) groups is 1. The first kappa shape index (κ1) is 10.8. The molecule has 78 valence electrons. The van der Waals surface area contributed by atoms with Crippen LogP contribution in [-0.4, -0.2) is 17.1 Å². The molecular weight excluding hydrogens is 178 g/mol. The quantitative estimate of drug-likeness (QED) is 0.691. The molecule has 0 unspecified atom stereocenters. The van der Waals surface area contributed by atoms with E-state index in [1.807, 2.05) is 37.6 Å². The maximum atomic E-state index is 11.5. The van der Waals surface area contributed by atoms with Crippen LogP contribution < -0.4 is 0 Å². The van der Waals surface area contributed by atoms with Crippen LogP contribution in [0.1, 0.15) is 43.7 Å². The summed E-state index contributed by atoms with van der Waals surface area (Å²) < 4.78 is 6.98. The Morgan fingerprint density at radius 3 is 2.86 bits per heavy atom. The number of rotatable bonds is 4. The molecule has 0 fully saturated rings. The van der Waals surface area contributed by atoms with E-state index in [1.54, 1.807) is 6.07 Å². The van der Waals surface area contributed by atoms with E-state index in [1.165, 1.54) is 0 Å². The standard InChI is InChI=1S/C11H17NO2/c1-4-8-14-11(13)10-6-5-7-12(10)9(2)3/h5-7,9H,4,8H2,1-3H3. The summed E-state index contributed by atoms with van der Waals surface area (Å²) >= 11 is 0. The van der Waals surface area contributed by atoms with Gasteiger partial charge < -0.3 is 9.30 Å². The minimum atomic E-state index is -0.231. The second kappa shape index (κ2) is 4.84. The first-order valence-corrected chi connectivity index (χ1v) is 5.00. The normalized spacial score (nSPS) is 10.6. The largest absolute Gasteiger partial charge is 0.461 e. The summed E-state index contributed by atoms with van der Waals surface area (Å²) in [6.07, 6.45) is 2.75. The highest BCUT2D eigenvalue weighted by atomic mass is 16.5. The smallest absolute Gasteiger partial charge is 0.354 e. The van der Waals surface area contributed by atoms with E-state index in [2.05, 4.69) is 0 Å². The Bertz CT molecular complexity index is 302. The third kappa shape index (κ3) is 2.37. The summed E-state index contributed by atoms with van der Waals surface area (Å²) in [4.78, 5) is 11.5. The Morgan fingerprint density at radius 1 is 1.57 bits per heavy atom. The van der Waals surface area contributed by atoms with Gasteiger partial charge >= 0.3 is 5.97 Å². The van der Waals surface area contributed by atoms with Gasteiger partial charge in [0.25, 0.3) is 0 Å². The van der Waals surface area contributed by atoms with Crippen molar-refractivity contribution >= 4 is 5.97 Å². The van der Waals surface area contributed by atoms with Crippen molar-refractivity contribution in [1.29, 1.82) is 0 Å². The predicted molar refractivity (Wildman–Crippen MR) is 55.4 cm³/mol. The van der Waals surface area contributed by atoms with Gasteiger partial charge in [-0.15, -0.1) is 0 Å². The van der Waals surface area contributed by atoms with Crippen molar-refractivity contribution in [2.75, 3.05) is 6.61 Å². The Kier molecular flexibility index (Phi) is 3.74. The molecule has 0 spiro atoms. The molecule has 1 heterocycles. The Balaban J connectivity index is 2.74. The third-order valence-corrected chi connectivity index (χ3v) is 1.98. The number of hydrogen-bond donors (Lipinski definition) is 0. The Morgan fingerprint density at radius 2 is 2.29 bits per heavy atom. The minimum Gasteiger partial charge on any atom is -0.461 e. The lowest BCUT2D eigenvalue weighted by molar-refractivity contribution is 0.0491. The van der Waals surface area contributed by atoms with Gasteiger partial charge in [0.15, 0.2) is 0 Å². The average molecular weight is 195 g/mol. The van der Waals surface area contributed by atoms with Crippen molar-refractivity contribution in [3.8, 4) is 0 Å². The number of aromatic nitrogens is 1. The van der Waals surface area contributed by atoms with Gasteiger partial charge in [-0.25, -0.2) is 4.79 Å². The molecule has 0 saturated heterocycles. The van der Waals surface area contributed by atoms with Crippen molar-refractivity contribution in [2.45, 2.75) is 33.2 Å². The van der Waals surface area contributed by atoms with Crippen molar-refractivity contribution in [3.63, 3.8) is 0 Å². The SMILES string of the molecule is CCCOC(=O)c1cccn1C(C)C. The molecule has 0 aromatic carbocycles. The first-order valence-electron chi connectivity index (χ1n) is 5.00. The number of nitrogens with zero attached hydrogens (tertiary/aromatic N) is 1. The van der Waals surface area contributed by atoms with Crippen LogP contribution in [0.3, 0.4) is 0 Å². The minimum absolute atomic E-state index is 0.231. The van der Waals surface area contributed by atoms with Crippen molar-refractivity contribution in [1.82, 2.24) is 4.57 Å². The summed E-state index contributed by atoms with van der Waals surface area (Å²) in [5, 5.41) is 0. The molecule has 1 rings (SSSR count). The Hall–Kier alpha value is -1.25. The van der Waals surface area contributed by atoms with Crippen LogP contribution in [0.5, 0.6) is 0 Å². The van der Waals surface area contributed by atoms with Gasteiger partial charge in [-0.05, 0) is 32.4 Å². The van der Waals surface area contributed by atoms with Crippen LogP contribution in [0.25, 0.3) is 0 Å². The van der Waals surface area contributed by atoms with Crippen LogP contribution in [0.4, 0.5) is 0 Å². The van der Waals surface area contributed by atoms with E-state index in [0.29, 0.717) is 12.3 Å². The van der Waals surface area contributed by atoms with Gasteiger partial charge in [0.1, 0.15) is 5.69 Å². The van der Waals surface area contributed by atoms with Gasteiger partial charge in [-0.3, -0.25) is 0 Å². The van der Waals surface area contributed by atoms with Crippen molar-refractivity contribution in [2.24, 2.45) is 0 Å². The molecule has 0 aliphatic carbocycles. The fourth-order valence-corrected chi connectivity index (χ4v) is 1.29. The molecular formula is C11H17NO2. The molecule has 1 aromatic rings. The summed E-state index contributed by atoms with van der Waals surface area (Å²) in [7, 11) is 0. The molecule has 0 radical (unpaired) electrons. The van der Waals surface area contributed by atoms with Crippen LogP contribution >= 0.6 is 0 Å². The van der Waals surface area contributed by atoms with Gasteiger partial charge in [-0.2, -0.15) is 0 Å². The van der Waals surface area contributed by atoms with E-state index in [0.717, 1.165) is 6.42 Å². The first-order chi connectivity index (χ1) is 6.66. The predicted octanol–water partition coefficient (Wildman–Crippen LogP) is 2.64. The van der Waals surface area contributed by atoms with Gasteiger partial charge in [0.05, 0.1) is 6.61 Å². The van der Waals surface area contributed by atoms with E-state index in [4.69, 9.17) is 4.74 Å². The van der Waals surface area contributed by atoms with Gasteiger partial charge in [0.2, 0.25) is 0 Å². The highest BCUT2D eigenvalue weighted by molar-refractivity contribution is 5.87. The number of esters is 1. The summed E-state index contributed by atoms with van der Waals surface area (Å²) in [5.74, 6) is -0.231. The lowest BCUT2D eigenvalue weighted by atomic mass is 10.3. The van der Waals surface area contributed by atoms with Crippen LogP contribution in [-0.2, 0) is 4.74 Å². The molecule has 14 heavy (non-hydrogen) atoms. The summed E-state index contributed by atoms with van der Waals surface area (Å²) in [5.41, 5.74) is 0.633. The molecule has 0 N–H and O–H groups in total. The zero-order chi connectivity index (χ0) is 10.6. The van der Waals surface area contributed by atoms with Gasteiger partial charge in [0, 0.05) is 12.2 Å². The molecule has 0 bridgehead atoms. The highest BCUT2D eigenvalue weighted by Gasteiger charge is 2.13. The van der Waals surface area contributed by atoms with Crippen molar-refractivity contribution < 1.29 is 9.53 Å². The van der Waals surface area contributed by atoms with Crippen LogP contribution in [0.15, 0.2) is 18.3 Å².